The van der Waals surface area contributed by atoms with E-state index in [1.165, 1.54) is 11.3 Å². The van der Waals surface area contributed by atoms with Gasteiger partial charge in [0.15, 0.2) is 0 Å². The Morgan fingerprint density at radius 1 is 1.25 bits per heavy atom. The molecule has 0 bridgehead atoms. The van der Waals surface area contributed by atoms with Gasteiger partial charge in [0.2, 0.25) is 0 Å². The first-order valence-corrected chi connectivity index (χ1v) is 7.96. The van der Waals surface area contributed by atoms with Crippen LogP contribution in [-0.2, 0) is 19.4 Å². The fraction of sp³-hybridized carbons (Fsp3) is 0.438. The van der Waals surface area contributed by atoms with Crippen molar-refractivity contribution in [2.75, 3.05) is 7.05 Å². The van der Waals surface area contributed by atoms with Gasteiger partial charge in [-0.2, -0.15) is 5.10 Å². The molecule has 2 aromatic rings. The van der Waals surface area contributed by atoms with Gasteiger partial charge in [-0.3, -0.25) is 4.68 Å². The predicted octanol–water partition coefficient (Wildman–Crippen LogP) is 3.73. The molecule has 0 radical (unpaired) electrons. The first kappa shape index (κ1) is 15.3. The summed E-state index contributed by atoms with van der Waals surface area (Å²) in [6.45, 7) is 5.18. The summed E-state index contributed by atoms with van der Waals surface area (Å²) in [5.41, 5.74) is 3.72. The molecule has 0 amide bonds. The summed E-state index contributed by atoms with van der Waals surface area (Å²) in [4.78, 5) is 0. The van der Waals surface area contributed by atoms with Crippen molar-refractivity contribution in [3.05, 3.63) is 51.8 Å². The summed E-state index contributed by atoms with van der Waals surface area (Å²) in [6, 6.07) is 10.9. The highest BCUT2D eigenvalue weighted by molar-refractivity contribution is 9.10. The zero-order valence-corrected chi connectivity index (χ0v) is 13.9. The number of likely N-dealkylation sites (N-methyl/N-ethyl adjacent to an activating group) is 1. The van der Waals surface area contributed by atoms with Crippen molar-refractivity contribution < 1.29 is 0 Å². The predicted molar refractivity (Wildman–Crippen MR) is 86.9 cm³/mol. The SMILES string of the molecule is CCc1nn(CC)c(CC(NC)c2ccccc2)c1Br. The van der Waals surface area contributed by atoms with Crippen LogP contribution in [0, 0.1) is 0 Å². The zero-order valence-electron chi connectivity index (χ0n) is 12.4. The lowest BCUT2D eigenvalue weighted by atomic mass is 10.0. The van der Waals surface area contributed by atoms with E-state index in [0.29, 0.717) is 6.04 Å². The monoisotopic (exact) mass is 335 g/mol. The van der Waals surface area contributed by atoms with Crippen LogP contribution in [-0.4, -0.2) is 16.8 Å². The van der Waals surface area contributed by atoms with E-state index < -0.39 is 0 Å². The summed E-state index contributed by atoms with van der Waals surface area (Å²) in [7, 11) is 2.01. The summed E-state index contributed by atoms with van der Waals surface area (Å²) < 4.78 is 3.27. The topological polar surface area (TPSA) is 29.9 Å². The number of nitrogens with one attached hydrogen (secondary N) is 1. The Hall–Kier alpha value is -1.13. The minimum absolute atomic E-state index is 0.305. The molecule has 108 valence electrons. The quantitative estimate of drug-likeness (QED) is 0.871. The smallest absolute Gasteiger partial charge is 0.0766 e. The second kappa shape index (κ2) is 7.04. The number of benzene rings is 1. The number of nitrogens with zero attached hydrogens (tertiary/aromatic N) is 2. The van der Waals surface area contributed by atoms with E-state index in [-0.39, 0.29) is 0 Å². The molecular weight excluding hydrogens is 314 g/mol. The number of hydrogen-bond acceptors (Lipinski definition) is 2. The Kier molecular flexibility index (Phi) is 5.38. The van der Waals surface area contributed by atoms with Crippen molar-refractivity contribution in [1.82, 2.24) is 15.1 Å². The molecule has 0 spiro atoms. The van der Waals surface area contributed by atoms with E-state index >= 15 is 0 Å². The second-order valence-electron chi connectivity index (χ2n) is 4.83. The minimum Gasteiger partial charge on any atom is -0.313 e. The van der Waals surface area contributed by atoms with Gasteiger partial charge in [0.25, 0.3) is 0 Å². The molecule has 0 aliphatic rings. The fourth-order valence-corrected chi connectivity index (χ4v) is 3.20. The molecule has 0 aliphatic carbocycles. The molecule has 1 unspecified atom stereocenters. The van der Waals surface area contributed by atoms with Crippen molar-refractivity contribution in [2.24, 2.45) is 0 Å². The Morgan fingerprint density at radius 3 is 2.50 bits per heavy atom. The molecular formula is C16H22BrN3. The van der Waals surface area contributed by atoms with Crippen molar-refractivity contribution in [1.29, 1.82) is 0 Å². The van der Waals surface area contributed by atoms with E-state index in [2.05, 4.69) is 75.2 Å². The molecule has 0 aliphatic heterocycles. The van der Waals surface area contributed by atoms with Crippen LogP contribution in [0.2, 0.25) is 0 Å². The highest BCUT2D eigenvalue weighted by Gasteiger charge is 2.18. The highest BCUT2D eigenvalue weighted by atomic mass is 79.9. The van der Waals surface area contributed by atoms with Gasteiger partial charge in [-0.1, -0.05) is 37.3 Å². The van der Waals surface area contributed by atoms with Crippen LogP contribution in [0.3, 0.4) is 0 Å². The maximum atomic E-state index is 4.67. The molecule has 2 rings (SSSR count). The van der Waals surface area contributed by atoms with Gasteiger partial charge in [-0.15, -0.1) is 0 Å². The Labute approximate surface area is 129 Å². The third kappa shape index (κ3) is 3.13. The first-order chi connectivity index (χ1) is 9.71. The summed E-state index contributed by atoms with van der Waals surface area (Å²) in [5, 5.41) is 8.08. The van der Waals surface area contributed by atoms with Crippen LogP contribution in [0.25, 0.3) is 0 Å². The lowest BCUT2D eigenvalue weighted by Gasteiger charge is -2.17. The van der Waals surface area contributed by atoms with Gasteiger partial charge >= 0.3 is 0 Å². The van der Waals surface area contributed by atoms with Gasteiger partial charge in [0.05, 0.1) is 15.9 Å². The third-order valence-electron chi connectivity index (χ3n) is 3.64. The van der Waals surface area contributed by atoms with Crippen LogP contribution >= 0.6 is 15.9 Å². The van der Waals surface area contributed by atoms with E-state index in [1.54, 1.807) is 0 Å². The van der Waals surface area contributed by atoms with E-state index in [4.69, 9.17) is 0 Å². The maximum absolute atomic E-state index is 4.67. The second-order valence-corrected chi connectivity index (χ2v) is 5.63. The molecule has 1 atom stereocenters. The summed E-state index contributed by atoms with van der Waals surface area (Å²) in [6.07, 6.45) is 1.89. The zero-order chi connectivity index (χ0) is 14.5. The molecule has 1 N–H and O–H groups in total. The molecule has 0 fully saturated rings. The fourth-order valence-electron chi connectivity index (χ4n) is 2.48. The van der Waals surface area contributed by atoms with Gasteiger partial charge in [0.1, 0.15) is 0 Å². The van der Waals surface area contributed by atoms with Crippen LogP contribution in [0.5, 0.6) is 0 Å². The number of hydrogen-bond donors (Lipinski definition) is 1. The maximum Gasteiger partial charge on any atom is 0.0766 e. The third-order valence-corrected chi connectivity index (χ3v) is 4.56. The Bertz CT molecular complexity index is 548. The molecule has 4 heteroatoms. The van der Waals surface area contributed by atoms with Crippen molar-refractivity contribution in [3.63, 3.8) is 0 Å². The average Bonchev–Trinajstić information content (AvgIpc) is 2.81. The molecule has 1 aromatic heterocycles. The molecule has 3 nitrogen and oxygen atoms in total. The lowest BCUT2D eigenvalue weighted by Crippen LogP contribution is -2.20. The molecule has 0 saturated heterocycles. The van der Waals surface area contributed by atoms with Gasteiger partial charge < -0.3 is 5.32 Å². The minimum atomic E-state index is 0.305. The van der Waals surface area contributed by atoms with Crippen LogP contribution in [0.4, 0.5) is 0 Å². The molecule has 0 saturated carbocycles. The van der Waals surface area contributed by atoms with Crippen LogP contribution < -0.4 is 5.32 Å². The highest BCUT2D eigenvalue weighted by Crippen LogP contribution is 2.27. The van der Waals surface area contributed by atoms with E-state index in [0.717, 1.165) is 29.6 Å². The van der Waals surface area contributed by atoms with E-state index in [9.17, 15) is 0 Å². The first-order valence-electron chi connectivity index (χ1n) is 7.17. The van der Waals surface area contributed by atoms with Crippen molar-refractivity contribution >= 4 is 15.9 Å². The molecule has 1 heterocycles. The Morgan fingerprint density at radius 2 is 1.95 bits per heavy atom. The van der Waals surface area contributed by atoms with Crippen molar-refractivity contribution in [2.45, 2.75) is 39.3 Å². The number of rotatable bonds is 6. The summed E-state index contributed by atoms with van der Waals surface area (Å²) in [5.74, 6) is 0. The summed E-state index contributed by atoms with van der Waals surface area (Å²) >= 11 is 3.72. The average molecular weight is 336 g/mol. The molecule has 20 heavy (non-hydrogen) atoms. The van der Waals surface area contributed by atoms with Gasteiger partial charge in [-0.25, -0.2) is 0 Å². The normalized spacial score (nSPS) is 12.6. The molecule has 1 aromatic carbocycles. The van der Waals surface area contributed by atoms with Crippen LogP contribution in [0.15, 0.2) is 34.8 Å². The Balaban J connectivity index is 2.30. The van der Waals surface area contributed by atoms with Crippen molar-refractivity contribution in [3.8, 4) is 0 Å². The largest absolute Gasteiger partial charge is 0.313 e. The lowest BCUT2D eigenvalue weighted by molar-refractivity contribution is 0.539. The number of aryl methyl sites for hydroxylation is 2. The number of aromatic nitrogens is 2. The van der Waals surface area contributed by atoms with Gasteiger partial charge in [-0.05, 0) is 41.9 Å². The van der Waals surface area contributed by atoms with Crippen LogP contribution in [0.1, 0.15) is 36.8 Å². The van der Waals surface area contributed by atoms with E-state index in [1.807, 2.05) is 7.05 Å². The number of halogens is 1. The standard InChI is InChI=1S/C16H22BrN3/c1-4-13-16(17)15(20(5-2)19-13)11-14(18-3)12-9-7-6-8-10-12/h6-10,14,18H,4-5,11H2,1-3H3. The van der Waals surface area contributed by atoms with Gasteiger partial charge in [0, 0.05) is 19.0 Å².